The molecule has 0 aliphatic rings. The van der Waals surface area contributed by atoms with Gasteiger partial charge in [0.15, 0.2) is 5.76 Å². The second-order valence-electron chi connectivity index (χ2n) is 3.98. The topological polar surface area (TPSA) is 105 Å². The van der Waals surface area contributed by atoms with Crippen molar-refractivity contribution in [1.29, 1.82) is 0 Å². The van der Waals surface area contributed by atoms with Crippen LogP contribution < -0.4 is 10.6 Å². The van der Waals surface area contributed by atoms with Crippen molar-refractivity contribution in [1.82, 2.24) is 10.6 Å². The molecule has 2 aromatic heterocycles. The second-order valence-corrected chi connectivity index (χ2v) is 3.98. The number of carbonyl (C=O) groups is 2. The minimum absolute atomic E-state index is 0.0141. The Morgan fingerprint density at radius 2 is 1.95 bits per heavy atom. The maximum absolute atomic E-state index is 12.0. The summed E-state index contributed by atoms with van der Waals surface area (Å²) in [6.07, 6.45) is 4.19. The minimum Gasteiger partial charge on any atom is -0.465 e. The quantitative estimate of drug-likeness (QED) is 0.681. The first-order chi connectivity index (χ1) is 10.2. The Hall–Kier alpha value is -2.80. The highest BCUT2D eigenvalue weighted by molar-refractivity contribution is 6.04. The summed E-state index contributed by atoms with van der Waals surface area (Å²) in [5.74, 6) is -0.614. The van der Waals surface area contributed by atoms with Crippen LogP contribution in [-0.2, 0) is 4.79 Å². The van der Waals surface area contributed by atoms with Gasteiger partial charge in [0.05, 0.1) is 19.1 Å². The number of aliphatic hydroxyl groups excluding tert-OH is 1. The molecule has 0 aliphatic carbocycles. The summed E-state index contributed by atoms with van der Waals surface area (Å²) in [5, 5.41) is 13.6. The SMILES string of the molecule is O=C(NCCO)/C(=C\c1ccco1)NC(=O)c1ccco1. The summed E-state index contributed by atoms with van der Waals surface area (Å²) in [6.45, 7) is -0.128. The molecule has 110 valence electrons. The van der Waals surface area contributed by atoms with Crippen LogP contribution in [0.1, 0.15) is 16.3 Å². The van der Waals surface area contributed by atoms with Crippen molar-refractivity contribution >= 4 is 17.9 Å². The molecule has 0 spiro atoms. The first kappa shape index (κ1) is 14.6. The van der Waals surface area contributed by atoms with E-state index in [1.54, 1.807) is 18.2 Å². The molecule has 2 rings (SSSR count). The lowest BCUT2D eigenvalue weighted by atomic mass is 10.3. The Balaban J connectivity index is 2.15. The molecular weight excluding hydrogens is 276 g/mol. The molecule has 0 fully saturated rings. The molecule has 0 atom stereocenters. The molecule has 0 saturated carbocycles. The predicted molar refractivity (Wildman–Crippen MR) is 73.0 cm³/mol. The molecule has 2 aromatic rings. The van der Waals surface area contributed by atoms with E-state index in [0.29, 0.717) is 5.76 Å². The van der Waals surface area contributed by atoms with Crippen molar-refractivity contribution in [3.05, 3.63) is 54.0 Å². The van der Waals surface area contributed by atoms with Gasteiger partial charge in [0.1, 0.15) is 11.5 Å². The standard InChI is InChI=1S/C14H14N2O5/c17-6-5-15-13(18)11(9-10-3-1-7-20-10)16-14(19)12-4-2-8-21-12/h1-4,7-9,17H,5-6H2,(H,15,18)(H,16,19)/b11-9+. The van der Waals surface area contributed by atoms with E-state index in [1.807, 2.05) is 0 Å². The van der Waals surface area contributed by atoms with E-state index in [9.17, 15) is 9.59 Å². The molecule has 0 aromatic carbocycles. The van der Waals surface area contributed by atoms with E-state index >= 15 is 0 Å². The van der Waals surface area contributed by atoms with E-state index in [1.165, 1.54) is 24.7 Å². The van der Waals surface area contributed by atoms with Gasteiger partial charge in [-0.3, -0.25) is 9.59 Å². The number of hydrogen-bond acceptors (Lipinski definition) is 5. The minimum atomic E-state index is -0.558. The van der Waals surface area contributed by atoms with Crippen LogP contribution in [0.5, 0.6) is 0 Å². The predicted octanol–water partition coefficient (Wildman–Crippen LogP) is 0.752. The molecular formula is C14H14N2O5. The smallest absolute Gasteiger partial charge is 0.291 e. The van der Waals surface area contributed by atoms with Crippen LogP contribution in [-0.4, -0.2) is 30.1 Å². The van der Waals surface area contributed by atoms with Crippen molar-refractivity contribution in [3.63, 3.8) is 0 Å². The van der Waals surface area contributed by atoms with Crippen molar-refractivity contribution in [2.24, 2.45) is 0 Å². The van der Waals surface area contributed by atoms with Crippen molar-refractivity contribution < 1.29 is 23.5 Å². The number of furan rings is 2. The normalized spacial score (nSPS) is 11.2. The molecule has 2 amide bonds. The van der Waals surface area contributed by atoms with Crippen LogP contribution in [0, 0.1) is 0 Å². The number of aliphatic hydroxyl groups is 1. The number of amides is 2. The molecule has 7 heteroatoms. The summed E-state index contributed by atoms with van der Waals surface area (Å²) < 4.78 is 10.1. The van der Waals surface area contributed by atoms with Crippen molar-refractivity contribution in [3.8, 4) is 0 Å². The van der Waals surface area contributed by atoms with Gasteiger partial charge in [-0.15, -0.1) is 0 Å². The third-order valence-corrected chi connectivity index (χ3v) is 2.46. The fourth-order valence-electron chi connectivity index (χ4n) is 1.53. The third kappa shape index (κ3) is 4.08. The van der Waals surface area contributed by atoms with Gasteiger partial charge in [-0.2, -0.15) is 0 Å². The van der Waals surface area contributed by atoms with Gasteiger partial charge in [0, 0.05) is 12.6 Å². The number of nitrogens with one attached hydrogen (secondary N) is 2. The fourth-order valence-corrected chi connectivity index (χ4v) is 1.53. The van der Waals surface area contributed by atoms with Crippen LogP contribution in [0.2, 0.25) is 0 Å². The average molecular weight is 290 g/mol. The fraction of sp³-hybridized carbons (Fsp3) is 0.143. The lowest BCUT2D eigenvalue weighted by Gasteiger charge is -2.08. The maximum atomic E-state index is 12.0. The Kier molecular flexibility index (Phi) is 4.94. The Morgan fingerprint density at radius 3 is 2.57 bits per heavy atom. The zero-order valence-corrected chi connectivity index (χ0v) is 11.0. The number of carbonyl (C=O) groups excluding carboxylic acids is 2. The zero-order chi connectivity index (χ0) is 15.1. The molecule has 21 heavy (non-hydrogen) atoms. The molecule has 0 aliphatic heterocycles. The Bertz CT molecular complexity index is 614. The molecule has 0 radical (unpaired) electrons. The Labute approximate surface area is 120 Å². The van der Waals surface area contributed by atoms with E-state index < -0.39 is 11.8 Å². The van der Waals surface area contributed by atoms with Gasteiger partial charge in [-0.1, -0.05) is 0 Å². The molecule has 2 heterocycles. The van der Waals surface area contributed by atoms with E-state index in [4.69, 9.17) is 13.9 Å². The highest BCUT2D eigenvalue weighted by atomic mass is 16.3. The first-order valence-electron chi connectivity index (χ1n) is 6.20. The molecule has 0 bridgehead atoms. The van der Waals surface area contributed by atoms with Crippen molar-refractivity contribution in [2.45, 2.75) is 0 Å². The van der Waals surface area contributed by atoms with Gasteiger partial charge in [-0.25, -0.2) is 0 Å². The van der Waals surface area contributed by atoms with Crippen LogP contribution in [0.4, 0.5) is 0 Å². The summed E-state index contributed by atoms with van der Waals surface area (Å²) in [7, 11) is 0. The highest BCUT2D eigenvalue weighted by Gasteiger charge is 2.16. The van der Waals surface area contributed by atoms with Crippen LogP contribution in [0.25, 0.3) is 6.08 Å². The summed E-state index contributed by atoms with van der Waals surface area (Å²) in [5.41, 5.74) is -0.0141. The van der Waals surface area contributed by atoms with Crippen LogP contribution in [0.3, 0.4) is 0 Å². The van der Waals surface area contributed by atoms with E-state index in [2.05, 4.69) is 10.6 Å². The average Bonchev–Trinajstić information content (AvgIpc) is 3.16. The highest BCUT2D eigenvalue weighted by Crippen LogP contribution is 2.08. The summed E-state index contributed by atoms with van der Waals surface area (Å²) in [6, 6.07) is 6.34. The first-order valence-corrected chi connectivity index (χ1v) is 6.20. The van der Waals surface area contributed by atoms with Gasteiger partial charge in [0.2, 0.25) is 0 Å². The largest absolute Gasteiger partial charge is 0.465 e. The lowest BCUT2D eigenvalue weighted by molar-refractivity contribution is -0.117. The van der Waals surface area contributed by atoms with E-state index in [-0.39, 0.29) is 24.6 Å². The van der Waals surface area contributed by atoms with E-state index in [0.717, 1.165) is 0 Å². The second kappa shape index (κ2) is 7.11. The zero-order valence-electron chi connectivity index (χ0n) is 11.0. The lowest BCUT2D eigenvalue weighted by Crippen LogP contribution is -2.36. The monoisotopic (exact) mass is 290 g/mol. The number of rotatable bonds is 6. The van der Waals surface area contributed by atoms with Gasteiger partial charge >= 0.3 is 0 Å². The maximum Gasteiger partial charge on any atom is 0.291 e. The third-order valence-electron chi connectivity index (χ3n) is 2.46. The summed E-state index contributed by atoms with van der Waals surface area (Å²) in [4.78, 5) is 23.9. The summed E-state index contributed by atoms with van der Waals surface area (Å²) >= 11 is 0. The molecule has 0 saturated heterocycles. The van der Waals surface area contributed by atoms with Crippen LogP contribution in [0.15, 0.2) is 51.3 Å². The molecule has 3 N–H and O–H groups in total. The Morgan fingerprint density at radius 1 is 1.19 bits per heavy atom. The van der Waals surface area contributed by atoms with Crippen molar-refractivity contribution in [2.75, 3.05) is 13.2 Å². The van der Waals surface area contributed by atoms with Gasteiger partial charge < -0.3 is 24.6 Å². The molecule has 0 unspecified atom stereocenters. The molecule has 7 nitrogen and oxygen atoms in total. The van der Waals surface area contributed by atoms with Gasteiger partial charge in [0.25, 0.3) is 11.8 Å². The number of hydrogen-bond donors (Lipinski definition) is 3. The van der Waals surface area contributed by atoms with Crippen LogP contribution >= 0.6 is 0 Å². The van der Waals surface area contributed by atoms with Gasteiger partial charge in [-0.05, 0) is 24.3 Å².